The number of hydrogen-bond donors (Lipinski definition) is 2. The third-order valence-corrected chi connectivity index (χ3v) is 4.64. The molecule has 2 N–H and O–H groups in total. The van der Waals surface area contributed by atoms with Gasteiger partial charge in [0.25, 0.3) is 0 Å². The van der Waals surface area contributed by atoms with Crippen LogP contribution in [0.5, 0.6) is 0 Å². The molecular formula is C19H41O7P. The summed E-state index contributed by atoms with van der Waals surface area (Å²) in [7, 11) is -4.39. The lowest BCUT2D eigenvalue weighted by Crippen LogP contribution is -2.11. The van der Waals surface area contributed by atoms with Crippen LogP contribution in [0, 0.1) is 0 Å². The van der Waals surface area contributed by atoms with E-state index in [0.29, 0.717) is 26.4 Å². The highest BCUT2D eigenvalue weighted by molar-refractivity contribution is 7.46. The van der Waals surface area contributed by atoms with Crippen molar-refractivity contribution in [3.63, 3.8) is 0 Å². The Hall–Kier alpha value is -0.0100. The molecule has 0 aliphatic heterocycles. The highest BCUT2D eigenvalue weighted by Gasteiger charge is 2.12. The predicted molar refractivity (Wildman–Crippen MR) is 107 cm³/mol. The van der Waals surface area contributed by atoms with Gasteiger partial charge < -0.3 is 24.0 Å². The number of ether oxygens (including phenoxy) is 3. The van der Waals surface area contributed by atoms with Crippen LogP contribution in [-0.4, -0.2) is 56.0 Å². The second-order valence-electron chi connectivity index (χ2n) is 6.70. The fourth-order valence-corrected chi connectivity index (χ4v) is 2.94. The highest BCUT2D eigenvalue weighted by Crippen LogP contribution is 2.35. The van der Waals surface area contributed by atoms with Crippen molar-refractivity contribution in [2.45, 2.75) is 77.6 Å². The Labute approximate surface area is 165 Å². The summed E-state index contributed by atoms with van der Waals surface area (Å²) in [6.45, 7) is 4.94. The smallest absolute Gasteiger partial charge is 0.379 e. The molecule has 0 aromatic carbocycles. The molecule has 0 unspecified atom stereocenters. The number of phosphoric acid groups is 1. The van der Waals surface area contributed by atoms with E-state index in [9.17, 15) is 4.57 Å². The zero-order valence-electron chi connectivity index (χ0n) is 17.1. The maximum Gasteiger partial charge on any atom is 0.469 e. The lowest BCUT2D eigenvalue weighted by Gasteiger charge is -2.08. The number of rotatable bonds is 22. The molecule has 0 saturated carbocycles. The molecule has 0 aromatic heterocycles. The lowest BCUT2D eigenvalue weighted by molar-refractivity contribution is 0.00702. The van der Waals surface area contributed by atoms with Gasteiger partial charge in [0.15, 0.2) is 0 Å². The van der Waals surface area contributed by atoms with E-state index in [1.807, 2.05) is 0 Å². The SMILES string of the molecule is CCCCCCCCCCCCCOCCOCCOCCOP(=O)(O)O. The largest absolute Gasteiger partial charge is 0.469 e. The molecule has 0 spiro atoms. The quantitative estimate of drug-likeness (QED) is 0.200. The van der Waals surface area contributed by atoms with Crippen LogP contribution in [0.15, 0.2) is 0 Å². The molecule has 27 heavy (non-hydrogen) atoms. The van der Waals surface area contributed by atoms with Crippen LogP contribution >= 0.6 is 7.82 Å². The third-order valence-electron chi connectivity index (χ3n) is 4.12. The van der Waals surface area contributed by atoms with Gasteiger partial charge in [-0.15, -0.1) is 0 Å². The predicted octanol–water partition coefficient (Wildman–Crippen LogP) is 4.46. The Kier molecular flexibility index (Phi) is 20.7. The first-order chi connectivity index (χ1) is 13.1. The third kappa shape index (κ3) is 26.0. The first kappa shape index (κ1) is 27.0. The van der Waals surface area contributed by atoms with Gasteiger partial charge in [-0.1, -0.05) is 71.1 Å². The molecule has 0 aliphatic carbocycles. The summed E-state index contributed by atoms with van der Waals surface area (Å²) < 4.78 is 30.6. The van der Waals surface area contributed by atoms with Crippen molar-refractivity contribution in [2.75, 3.05) is 46.2 Å². The molecule has 7 nitrogen and oxygen atoms in total. The van der Waals surface area contributed by atoms with Crippen molar-refractivity contribution in [2.24, 2.45) is 0 Å². The Morgan fingerprint density at radius 3 is 1.37 bits per heavy atom. The minimum Gasteiger partial charge on any atom is -0.379 e. The van der Waals surface area contributed by atoms with E-state index in [2.05, 4.69) is 11.4 Å². The summed E-state index contributed by atoms with van der Waals surface area (Å²) in [5, 5.41) is 0. The monoisotopic (exact) mass is 412 g/mol. The molecule has 0 aromatic rings. The van der Waals surface area contributed by atoms with Gasteiger partial charge in [-0.3, -0.25) is 4.52 Å². The summed E-state index contributed by atoms with van der Waals surface area (Å²) in [4.78, 5) is 16.9. The molecule has 0 amide bonds. The lowest BCUT2D eigenvalue weighted by atomic mass is 10.1. The topological polar surface area (TPSA) is 94.5 Å². The average Bonchev–Trinajstić information content (AvgIpc) is 2.62. The first-order valence-electron chi connectivity index (χ1n) is 10.5. The molecule has 0 radical (unpaired) electrons. The van der Waals surface area contributed by atoms with Crippen molar-refractivity contribution in [3.8, 4) is 0 Å². The van der Waals surface area contributed by atoms with Gasteiger partial charge in [0.1, 0.15) is 0 Å². The summed E-state index contributed by atoms with van der Waals surface area (Å²) in [5.41, 5.74) is 0. The molecule has 0 bridgehead atoms. The van der Waals surface area contributed by atoms with Crippen molar-refractivity contribution >= 4 is 7.82 Å². The minimum atomic E-state index is -4.39. The van der Waals surface area contributed by atoms with E-state index < -0.39 is 7.82 Å². The van der Waals surface area contributed by atoms with Gasteiger partial charge in [0, 0.05) is 6.61 Å². The van der Waals surface area contributed by atoms with Gasteiger partial charge in [-0.05, 0) is 6.42 Å². The molecule has 0 rings (SSSR count). The zero-order valence-corrected chi connectivity index (χ0v) is 18.0. The highest BCUT2D eigenvalue weighted by atomic mass is 31.2. The molecule has 0 fully saturated rings. The normalized spacial score (nSPS) is 12.0. The molecule has 164 valence electrons. The standard InChI is InChI=1S/C19H41O7P/c1-2-3-4-5-6-7-8-9-10-11-12-13-23-14-15-24-16-17-25-18-19-26-27(20,21)22/h2-19H2,1H3,(H2,20,21,22). The van der Waals surface area contributed by atoms with E-state index in [1.165, 1.54) is 64.2 Å². The maximum absolute atomic E-state index is 10.4. The summed E-state index contributed by atoms with van der Waals surface area (Å²) in [6.07, 6.45) is 14.7. The second kappa shape index (κ2) is 20.7. The van der Waals surface area contributed by atoms with Crippen molar-refractivity contribution in [3.05, 3.63) is 0 Å². The number of hydrogen-bond acceptors (Lipinski definition) is 5. The van der Waals surface area contributed by atoms with Gasteiger partial charge >= 0.3 is 7.82 Å². The van der Waals surface area contributed by atoms with Crippen molar-refractivity contribution < 1.29 is 33.1 Å². The molecule has 0 saturated heterocycles. The Morgan fingerprint density at radius 2 is 0.926 bits per heavy atom. The molecule has 8 heteroatoms. The van der Waals surface area contributed by atoms with Crippen LogP contribution < -0.4 is 0 Å². The van der Waals surface area contributed by atoms with E-state index in [-0.39, 0.29) is 13.2 Å². The minimum absolute atomic E-state index is 0.129. The summed E-state index contributed by atoms with van der Waals surface area (Å²) in [5.74, 6) is 0. The molecular weight excluding hydrogens is 371 g/mol. The van der Waals surface area contributed by atoms with Crippen LogP contribution in [0.25, 0.3) is 0 Å². The zero-order chi connectivity index (χ0) is 20.1. The molecule has 0 heterocycles. The van der Waals surface area contributed by atoms with E-state index >= 15 is 0 Å². The van der Waals surface area contributed by atoms with Crippen molar-refractivity contribution in [1.82, 2.24) is 0 Å². The van der Waals surface area contributed by atoms with Gasteiger partial charge in [0.05, 0.1) is 39.6 Å². The number of unbranched alkanes of at least 4 members (excludes halogenated alkanes) is 10. The Morgan fingerprint density at radius 1 is 0.556 bits per heavy atom. The molecule has 0 atom stereocenters. The fraction of sp³-hybridized carbons (Fsp3) is 1.00. The second-order valence-corrected chi connectivity index (χ2v) is 7.94. The van der Waals surface area contributed by atoms with Crippen LogP contribution in [0.1, 0.15) is 77.6 Å². The van der Waals surface area contributed by atoms with Crippen LogP contribution in [0.3, 0.4) is 0 Å². The van der Waals surface area contributed by atoms with Crippen molar-refractivity contribution in [1.29, 1.82) is 0 Å². The molecule has 0 aliphatic rings. The summed E-state index contributed by atoms with van der Waals surface area (Å²) >= 11 is 0. The maximum atomic E-state index is 10.4. The van der Waals surface area contributed by atoms with E-state index in [0.717, 1.165) is 13.0 Å². The summed E-state index contributed by atoms with van der Waals surface area (Å²) in [6, 6.07) is 0. The first-order valence-corrected chi connectivity index (χ1v) is 12.0. The fourth-order valence-electron chi connectivity index (χ4n) is 2.63. The van der Waals surface area contributed by atoms with Gasteiger partial charge in [0.2, 0.25) is 0 Å². The van der Waals surface area contributed by atoms with E-state index in [1.54, 1.807) is 0 Å². The van der Waals surface area contributed by atoms with Gasteiger partial charge in [-0.25, -0.2) is 4.57 Å². The van der Waals surface area contributed by atoms with Crippen LogP contribution in [-0.2, 0) is 23.3 Å². The van der Waals surface area contributed by atoms with Gasteiger partial charge in [-0.2, -0.15) is 0 Å². The van der Waals surface area contributed by atoms with E-state index in [4.69, 9.17) is 24.0 Å². The Bertz CT molecular complexity index is 336. The van der Waals surface area contributed by atoms with Crippen LogP contribution in [0.2, 0.25) is 0 Å². The number of phosphoric ester groups is 1. The average molecular weight is 413 g/mol. The van der Waals surface area contributed by atoms with Crippen LogP contribution in [0.4, 0.5) is 0 Å². The Balaban J connectivity index is 3.02.